The molecule has 1 atom stereocenters. The first-order valence-corrected chi connectivity index (χ1v) is 10.9. The Bertz CT molecular complexity index is 1150. The number of alkyl halides is 2. The fraction of sp³-hybridized carbons (Fsp3) is 0.259. The molecule has 0 aliphatic rings. The third-order valence-electron chi connectivity index (χ3n) is 5.54. The van der Waals surface area contributed by atoms with Crippen molar-refractivity contribution >= 4 is 23.2 Å². The number of nitrogens with zero attached hydrogens (tertiary/aromatic N) is 1. The predicted octanol–water partition coefficient (Wildman–Crippen LogP) is 5.23. The number of carbonyl (C=O) groups excluding carboxylic acids is 2. The van der Waals surface area contributed by atoms with Crippen LogP contribution >= 0.6 is 0 Å². The lowest BCUT2D eigenvalue weighted by molar-refractivity contribution is -0.115. The Balaban J connectivity index is 1.62. The van der Waals surface area contributed by atoms with Crippen LogP contribution < -0.4 is 10.2 Å². The van der Waals surface area contributed by atoms with Crippen molar-refractivity contribution in [2.45, 2.75) is 39.2 Å². The van der Waals surface area contributed by atoms with Gasteiger partial charge in [0.2, 0.25) is 5.91 Å². The van der Waals surface area contributed by atoms with Crippen molar-refractivity contribution in [3.8, 4) is 0 Å². The second kappa shape index (κ2) is 10.1. The van der Waals surface area contributed by atoms with Crippen LogP contribution in [0.25, 0.3) is 0 Å². The van der Waals surface area contributed by atoms with E-state index in [0.717, 1.165) is 23.7 Å². The highest BCUT2D eigenvalue weighted by molar-refractivity contribution is 6.06. The van der Waals surface area contributed by atoms with Crippen molar-refractivity contribution in [2.24, 2.45) is 0 Å². The number of aliphatic hydroxyl groups is 1. The van der Waals surface area contributed by atoms with E-state index in [1.807, 2.05) is 32.0 Å². The van der Waals surface area contributed by atoms with Gasteiger partial charge in [0.15, 0.2) is 0 Å². The minimum absolute atomic E-state index is 0.00331. The van der Waals surface area contributed by atoms with E-state index in [4.69, 9.17) is 0 Å². The number of rotatable bonds is 7. The van der Waals surface area contributed by atoms with Gasteiger partial charge < -0.3 is 15.3 Å². The molecule has 0 radical (unpaired) electrons. The van der Waals surface area contributed by atoms with E-state index >= 15 is 0 Å². The first kappa shape index (κ1) is 25.1. The van der Waals surface area contributed by atoms with Gasteiger partial charge in [-0.25, -0.2) is 0 Å². The molecule has 0 bridgehead atoms. The summed E-state index contributed by atoms with van der Waals surface area (Å²) in [5.41, 5.74) is 4.19. The molecule has 0 heterocycles. The number of nitrogens with one attached hydrogen (secondary N) is 1. The van der Waals surface area contributed by atoms with Crippen molar-refractivity contribution in [1.29, 1.82) is 0 Å². The lowest BCUT2D eigenvalue weighted by atomic mass is 10.0. The first-order valence-electron chi connectivity index (χ1n) is 10.9. The van der Waals surface area contributed by atoms with E-state index in [2.05, 4.69) is 5.32 Å². The number of aryl methyl sites for hydroxylation is 2. The Kier molecular flexibility index (Phi) is 7.47. The predicted molar refractivity (Wildman–Crippen MR) is 129 cm³/mol. The molecule has 0 spiro atoms. The van der Waals surface area contributed by atoms with Gasteiger partial charge in [-0.3, -0.25) is 9.59 Å². The van der Waals surface area contributed by atoms with Crippen molar-refractivity contribution in [3.63, 3.8) is 0 Å². The molecule has 3 rings (SSSR count). The van der Waals surface area contributed by atoms with Crippen LogP contribution in [-0.4, -0.2) is 30.1 Å². The molecule has 0 aliphatic carbocycles. The van der Waals surface area contributed by atoms with Crippen LogP contribution in [0.5, 0.6) is 0 Å². The maximum absolute atomic E-state index is 13.9. The molecule has 7 heteroatoms. The normalized spacial score (nSPS) is 12.2. The lowest BCUT2D eigenvalue weighted by Gasteiger charge is -2.19. The topological polar surface area (TPSA) is 69.6 Å². The summed E-state index contributed by atoms with van der Waals surface area (Å²) >= 11 is 0. The average Bonchev–Trinajstić information content (AvgIpc) is 2.78. The molecule has 2 amide bonds. The largest absolute Gasteiger partial charge is 0.387 e. The van der Waals surface area contributed by atoms with Crippen molar-refractivity contribution in [1.82, 2.24) is 0 Å². The van der Waals surface area contributed by atoms with Gasteiger partial charge in [-0.05, 0) is 73.9 Å². The summed E-state index contributed by atoms with van der Waals surface area (Å²) in [5, 5.41) is 12.0. The molecule has 34 heavy (non-hydrogen) atoms. The van der Waals surface area contributed by atoms with Gasteiger partial charge in [-0.2, -0.15) is 8.78 Å². The summed E-state index contributed by atoms with van der Waals surface area (Å²) in [6.07, 6.45) is -1.81. The summed E-state index contributed by atoms with van der Waals surface area (Å²) in [6.45, 7) is 4.98. The Hall–Kier alpha value is -3.58. The molecular weight excluding hydrogens is 438 g/mol. The highest BCUT2D eigenvalue weighted by atomic mass is 19.3. The molecule has 3 aromatic rings. The van der Waals surface area contributed by atoms with Crippen molar-refractivity contribution in [2.75, 3.05) is 17.3 Å². The van der Waals surface area contributed by atoms with Crippen LogP contribution in [-0.2, 0) is 17.1 Å². The van der Waals surface area contributed by atoms with Gasteiger partial charge in [0, 0.05) is 29.5 Å². The van der Waals surface area contributed by atoms with Gasteiger partial charge in [0.25, 0.3) is 11.8 Å². The van der Waals surface area contributed by atoms with E-state index < -0.39 is 12.0 Å². The number of hydrogen-bond acceptors (Lipinski definition) is 3. The second-order valence-corrected chi connectivity index (χ2v) is 8.51. The van der Waals surface area contributed by atoms with Gasteiger partial charge in [0.1, 0.15) is 6.10 Å². The highest BCUT2D eigenvalue weighted by Crippen LogP contribution is 2.31. The molecule has 0 fully saturated rings. The monoisotopic (exact) mass is 466 g/mol. The first-order chi connectivity index (χ1) is 16.0. The smallest absolute Gasteiger partial charge is 0.298 e. The zero-order valence-corrected chi connectivity index (χ0v) is 19.6. The van der Waals surface area contributed by atoms with Gasteiger partial charge >= 0.3 is 0 Å². The van der Waals surface area contributed by atoms with Gasteiger partial charge in [-0.15, -0.1) is 0 Å². The third kappa shape index (κ3) is 5.85. The molecule has 178 valence electrons. The summed E-state index contributed by atoms with van der Waals surface area (Å²) in [5.74, 6) is -3.84. The summed E-state index contributed by atoms with van der Waals surface area (Å²) in [6, 6.07) is 17.8. The van der Waals surface area contributed by atoms with Crippen LogP contribution in [0, 0.1) is 13.8 Å². The molecule has 5 nitrogen and oxygen atoms in total. The van der Waals surface area contributed by atoms with E-state index in [1.54, 1.807) is 36.2 Å². The van der Waals surface area contributed by atoms with Crippen LogP contribution in [0.4, 0.5) is 20.2 Å². The molecule has 0 aliphatic heterocycles. The summed E-state index contributed by atoms with van der Waals surface area (Å²) in [4.78, 5) is 26.8. The maximum atomic E-state index is 13.9. The fourth-order valence-corrected chi connectivity index (χ4v) is 3.63. The molecule has 0 aromatic heterocycles. The summed E-state index contributed by atoms with van der Waals surface area (Å²) < 4.78 is 27.8. The van der Waals surface area contributed by atoms with E-state index in [0.29, 0.717) is 16.8 Å². The molecule has 2 N–H and O–H groups in total. The number of amides is 2. The Morgan fingerprint density at radius 2 is 1.53 bits per heavy atom. The number of hydrogen-bond donors (Lipinski definition) is 2. The zero-order chi connectivity index (χ0) is 25.0. The number of aliphatic hydroxyl groups excluding tert-OH is 1. The molecule has 0 saturated heterocycles. The Labute approximate surface area is 198 Å². The van der Waals surface area contributed by atoms with E-state index in [9.17, 15) is 23.5 Å². The Morgan fingerprint density at radius 1 is 0.971 bits per heavy atom. The quantitative estimate of drug-likeness (QED) is 0.501. The maximum Gasteiger partial charge on any atom is 0.298 e. The minimum atomic E-state index is -3.35. The second-order valence-electron chi connectivity index (χ2n) is 8.51. The number of benzene rings is 3. The zero-order valence-electron chi connectivity index (χ0n) is 19.6. The third-order valence-corrected chi connectivity index (χ3v) is 5.54. The SMILES string of the molecule is Cc1cc(C)cc(N(C)C(=O)c2ccc(NC(=O)Cc3ccc(C(F)(F)C(C)O)cc3)cc2)c1. The molecule has 3 aromatic carbocycles. The van der Waals surface area contributed by atoms with Crippen LogP contribution in [0.2, 0.25) is 0 Å². The molecular formula is C27H28F2N2O3. The van der Waals surface area contributed by atoms with E-state index in [1.165, 1.54) is 24.3 Å². The van der Waals surface area contributed by atoms with Gasteiger partial charge in [-0.1, -0.05) is 30.3 Å². The highest BCUT2D eigenvalue weighted by Gasteiger charge is 2.37. The van der Waals surface area contributed by atoms with Gasteiger partial charge in [0.05, 0.1) is 6.42 Å². The number of halogens is 2. The fourth-order valence-electron chi connectivity index (χ4n) is 3.63. The number of carbonyl (C=O) groups is 2. The average molecular weight is 467 g/mol. The Morgan fingerprint density at radius 3 is 2.06 bits per heavy atom. The van der Waals surface area contributed by atoms with Crippen LogP contribution in [0.15, 0.2) is 66.7 Å². The molecule has 1 unspecified atom stereocenters. The standard InChI is InChI=1S/C27H28F2N2O3/c1-17-13-18(2)15-24(14-17)31(4)26(34)21-7-11-23(12-8-21)30-25(33)16-20-5-9-22(10-6-20)27(28,29)19(3)32/h5-15,19,32H,16H2,1-4H3,(H,30,33). The van der Waals surface area contributed by atoms with E-state index in [-0.39, 0.29) is 23.8 Å². The number of anilines is 2. The van der Waals surface area contributed by atoms with Crippen LogP contribution in [0.3, 0.4) is 0 Å². The van der Waals surface area contributed by atoms with Crippen molar-refractivity contribution < 1.29 is 23.5 Å². The lowest BCUT2D eigenvalue weighted by Crippen LogP contribution is -2.27. The molecule has 0 saturated carbocycles. The van der Waals surface area contributed by atoms with Crippen molar-refractivity contribution in [3.05, 3.63) is 94.5 Å². The summed E-state index contributed by atoms with van der Waals surface area (Å²) in [7, 11) is 1.72. The van der Waals surface area contributed by atoms with Crippen LogP contribution in [0.1, 0.15) is 39.5 Å². The minimum Gasteiger partial charge on any atom is -0.387 e.